The lowest BCUT2D eigenvalue weighted by molar-refractivity contribution is 0.340. The van der Waals surface area contributed by atoms with E-state index in [2.05, 4.69) is 15.3 Å². The Kier molecular flexibility index (Phi) is 6.72. The molecule has 0 saturated heterocycles. The maximum Gasteiger partial charge on any atom is 0.216 e. The number of nitrogens with one attached hydrogen (secondary N) is 1. The van der Waals surface area contributed by atoms with E-state index in [-0.39, 0.29) is 0 Å². The number of aromatic amines is 1. The van der Waals surface area contributed by atoms with E-state index in [0.717, 1.165) is 5.56 Å². The molecular formula is C19H18Cl2N4O2S. The molecule has 2 aromatic carbocycles. The van der Waals surface area contributed by atoms with Crippen LogP contribution in [0.2, 0.25) is 10.0 Å². The van der Waals surface area contributed by atoms with Crippen molar-refractivity contribution in [3.05, 3.63) is 56.8 Å². The average Bonchev–Trinajstić information content (AvgIpc) is 3.04. The summed E-state index contributed by atoms with van der Waals surface area (Å²) in [6, 6.07) is 11.0. The molecule has 0 amide bonds. The molecule has 3 aromatic rings. The number of hydrogen-bond acceptors (Lipinski definition) is 5. The molecule has 0 aliphatic rings. The number of hydrogen-bond donors (Lipinski definition) is 1. The van der Waals surface area contributed by atoms with Crippen molar-refractivity contribution in [1.82, 2.24) is 14.9 Å². The first-order chi connectivity index (χ1) is 13.5. The lowest BCUT2D eigenvalue weighted by atomic mass is 10.2. The third-order valence-electron chi connectivity index (χ3n) is 3.71. The fraction of sp³-hybridized carbons (Fsp3) is 0.211. The molecule has 0 unspecified atom stereocenters. The number of aromatic nitrogens is 3. The zero-order valence-corrected chi connectivity index (χ0v) is 17.6. The number of H-pyrrole nitrogens is 1. The molecule has 28 heavy (non-hydrogen) atoms. The van der Waals surface area contributed by atoms with Crippen LogP contribution in [0.3, 0.4) is 0 Å². The quantitative estimate of drug-likeness (QED) is 0.386. The van der Waals surface area contributed by atoms with Gasteiger partial charge in [-0.25, -0.2) is 5.10 Å². The Morgan fingerprint density at radius 3 is 2.50 bits per heavy atom. The largest absolute Gasteiger partial charge is 0.493 e. The minimum Gasteiger partial charge on any atom is -0.493 e. The third kappa shape index (κ3) is 4.38. The highest BCUT2D eigenvalue weighted by atomic mass is 35.5. The summed E-state index contributed by atoms with van der Waals surface area (Å²) in [4.78, 5) is 0. The molecule has 0 aliphatic carbocycles. The number of para-hydroxylation sites is 1. The van der Waals surface area contributed by atoms with Gasteiger partial charge in [0.1, 0.15) is 5.75 Å². The van der Waals surface area contributed by atoms with Crippen LogP contribution in [0.4, 0.5) is 0 Å². The minimum atomic E-state index is 0.348. The summed E-state index contributed by atoms with van der Waals surface area (Å²) in [5.41, 5.74) is 1.47. The summed E-state index contributed by atoms with van der Waals surface area (Å²) in [5, 5.41) is 12.3. The lowest BCUT2D eigenvalue weighted by Gasteiger charge is -2.09. The van der Waals surface area contributed by atoms with Crippen molar-refractivity contribution in [2.24, 2.45) is 5.10 Å². The summed E-state index contributed by atoms with van der Waals surface area (Å²) in [5.74, 6) is 1.69. The van der Waals surface area contributed by atoms with Crippen LogP contribution < -0.4 is 9.47 Å². The topological polar surface area (TPSA) is 64.4 Å². The van der Waals surface area contributed by atoms with Crippen LogP contribution in [-0.4, -0.2) is 34.3 Å². The van der Waals surface area contributed by atoms with Crippen molar-refractivity contribution < 1.29 is 9.47 Å². The highest BCUT2D eigenvalue weighted by Crippen LogP contribution is 2.34. The molecule has 0 radical (unpaired) electrons. The van der Waals surface area contributed by atoms with Crippen LogP contribution in [0.1, 0.15) is 19.4 Å². The Balaban J connectivity index is 1.99. The van der Waals surface area contributed by atoms with Crippen LogP contribution >= 0.6 is 35.4 Å². The van der Waals surface area contributed by atoms with Crippen LogP contribution in [-0.2, 0) is 0 Å². The van der Waals surface area contributed by atoms with E-state index < -0.39 is 0 Å². The molecule has 0 fully saturated rings. The van der Waals surface area contributed by atoms with Gasteiger partial charge in [0, 0.05) is 0 Å². The van der Waals surface area contributed by atoms with E-state index in [1.165, 1.54) is 4.68 Å². The van der Waals surface area contributed by atoms with E-state index in [4.69, 9.17) is 44.9 Å². The van der Waals surface area contributed by atoms with Crippen molar-refractivity contribution >= 4 is 41.6 Å². The SMILES string of the molecule is CCOc1ccccc1-c1n[nH]c(=S)n1/N=C\c1cc(Cl)c(OCC)c(Cl)c1. The molecule has 146 valence electrons. The predicted molar refractivity (Wildman–Crippen MR) is 115 cm³/mol. The zero-order chi connectivity index (χ0) is 20.1. The van der Waals surface area contributed by atoms with Gasteiger partial charge in [-0.05, 0) is 55.9 Å². The summed E-state index contributed by atoms with van der Waals surface area (Å²) in [7, 11) is 0. The lowest BCUT2D eigenvalue weighted by Crippen LogP contribution is -1.99. The summed E-state index contributed by atoms with van der Waals surface area (Å²) < 4.78 is 13.0. The number of ether oxygens (including phenoxy) is 2. The van der Waals surface area contributed by atoms with Crippen LogP contribution in [0.15, 0.2) is 41.5 Å². The van der Waals surface area contributed by atoms with E-state index in [1.54, 1.807) is 18.3 Å². The first kappa shape index (κ1) is 20.4. The molecule has 0 spiro atoms. The van der Waals surface area contributed by atoms with Gasteiger partial charge in [-0.2, -0.15) is 14.9 Å². The maximum absolute atomic E-state index is 6.25. The number of rotatable bonds is 7. The Bertz CT molecular complexity index is 1040. The second-order valence-electron chi connectivity index (χ2n) is 5.58. The van der Waals surface area contributed by atoms with Gasteiger partial charge >= 0.3 is 0 Å². The van der Waals surface area contributed by atoms with Gasteiger partial charge in [0.15, 0.2) is 11.6 Å². The van der Waals surface area contributed by atoms with Gasteiger partial charge in [0.2, 0.25) is 4.77 Å². The molecule has 0 saturated carbocycles. The monoisotopic (exact) mass is 436 g/mol. The van der Waals surface area contributed by atoms with Crippen molar-refractivity contribution in [2.75, 3.05) is 13.2 Å². The molecule has 0 aliphatic heterocycles. The average molecular weight is 437 g/mol. The second kappa shape index (κ2) is 9.23. The Morgan fingerprint density at radius 2 is 1.82 bits per heavy atom. The molecule has 1 N–H and O–H groups in total. The summed E-state index contributed by atoms with van der Waals surface area (Å²) >= 11 is 17.8. The molecule has 0 atom stereocenters. The van der Waals surface area contributed by atoms with E-state index in [0.29, 0.717) is 50.9 Å². The van der Waals surface area contributed by atoms with Crippen molar-refractivity contribution in [1.29, 1.82) is 0 Å². The molecular weight excluding hydrogens is 419 g/mol. The standard InChI is InChI=1S/C19H18Cl2N4O2S/c1-3-26-16-8-6-5-7-13(16)18-23-24-19(28)25(18)22-11-12-9-14(20)17(27-4-2)15(21)10-12/h5-11H,3-4H2,1-2H3,(H,24,28)/b22-11-. The number of benzene rings is 2. The molecule has 6 nitrogen and oxygen atoms in total. The normalized spacial score (nSPS) is 11.1. The first-order valence-electron chi connectivity index (χ1n) is 8.61. The van der Waals surface area contributed by atoms with Crippen molar-refractivity contribution in [3.8, 4) is 22.9 Å². The van der Waals surface area contributed by atoms with Gasteiger partial charge in [0.05, 0.1) is 35.0 Å². The minimum absolute atomic E-state index is 0.348. The van der Waals surface area contributed by atoms with Crippen molar-refractivity contribution in [2.45, 2.75) is 13.8 Å². The van der Waals surface area contributed by atoms with Gasteiger partial charge in [-0.1, -0.05) is 35.3 Å². The van der Waals surface area contributed by atoms with E-state index in [9.17, 15) is 0 Å². The van der Waals surface area contributed by atoms with Crippen LogP contribution in [0, 0.1) is 4.77 Å². The zero-order valence-electron chi connectivity index (χ0n) is 15.3. The summed E-state index contributed by atoms with van der Waals surface area (Å²) in [6.07, 6.45) is 1.60. The van der Waals surface area contributed by atoms with Gasteiger partial charge < -0.3 is 9.47 Å². The van der Waals surface area contributed by atoms with Crippen LogP contribution in [0.25, 0.3) is 11.4 Å². The molecule has 1 heterocycles. The Hall–Kier alpha value is -2.35. The first-order valence-corrected chi connectivity index (χ1v) is 9.77. The molecule has 9 heteroatoms. The Morgan fingerprint density at radius 1 is 1.14 bits per heavy atom. The molecule has 0 bridgehead atoms. The maximum atomic E-state index is 6.25. The van der Waals surface area contributed by atoms with Gasteiger partial charge in [-0.3, -0.25) is 0 Å². The third-order valence-corrected chi connectivity index (χ3v) is 4.54. The highest BCUT2D eigenvalue weighted by Gasteiger charge is 2.14. The van der Waals surface area contributed by atoms with E-state index >= 15 is 0 Å². The Labute approximate surface area is 177 Å². The molecule has 3 rings (SSSR count). The number of nitrogens with zero attached hydrogens (tertiary/aromatic N) is 3. The molecule has 1 aromatic heterocycles. The fourth-order valence-electron chi connectivity index (χ4n) is 2.57. The fourth-order valence-corrected chi connectivity index (χ4v) is 3.36. The van der Waals surface area contributed by atoms with E-state index in [1.807, 2.05) is 38.1 Å². The smallest absolute Gasteiger partial charge is 0.216 e. The number of halogens is 2. The second-order valence-corrected chi connectivity index (χ2v) is 6.79. The van der Waals surface area contributed by atoms with Gasteiger partial charge in [-0.15, -0.1) is 0 Å². The van der Waals surface area contributed by atoms with Crippen molar-refractivity contribution in [3.63, 3.8) is 0 Å². The van der Waals surface area contributed by atoms with Gasteiger partial charge in [0.25, 0.3) is 0 Å². The predicted octanol–water partition coefficient (Wildman–Crippen LogP) is 5.59. The van der Waals surface area contributed by atoms with Crippen LogP contribution in [0.5, 0.6) is 11.5 Å². The summed E-state index contributed by atoms with van der Waals surface area (Å²) in [6.45, 7) is 4.80. The highest BCUT2D eigenvalue weighted by molar-refractivity contribution is 7.71.